The van der Waals surface area contributed by atoms with E-state index in [2.05, 4.69) is 32.9 Å². The quantitative estimate of drug-likeness (QED) is 0.0256. The van der Waals surface area contributed by atoms with Gasteiger partial charge in [-0.15, -0.1) is 0 Å². The van der Waals surface area contributed by atoms with Crippen LogP contribution in [0.2, 0.25) is 0 Å². The fraction of sp³-hybridized carbons (Fsp3) is 0.797. The van der Waals surface area contributed by atoms with Gasteiger partial charge in [-0.1, -0.05) is 122 Å². The lowest BCUT2D eigenvalue weighted by Gasteiger charge is -2.26. The summed E-state index contributed by atoms with van der Waals surface area (Å²) < 4.78 is 72.6. The van der Waals surface area contributed by atoms with Crippen LogP contribution in [0.3, 0.4) is 0 Å². The van der Waals surface area contributed by atoms with Gasteiger partial charge in [0.15, 0.2) is 61.0 Å². The van der Waals surface area contributed by atoms with Crippen molar-refractivity contribution in [3.05, 3.63) is 24.3 Å². The predicted molar refractivity (Wildman–Crippen MR) is 389 cm³/mol. The van der Waals surface area contributed by atoms with Crippen LogP contribution in [0.25, 0.3) is 0 Å². The monoisotopic (exact) mass is 1510 g/mol. The normalized spacial score (nSPS) is 21.3. The summed E-state index contributed by atoms with van der Waals surface area (Å²) in [5, 5.41) is 11.0. The number of carbonyl (C=O) groups is 12. The maximum Gasteiger partial charge on any atom is 0.347 e. The molecular weight excluding hydrogens is 1380 g/mol. The Hall–Kier alpha value is -7.00. The van der Waals surface area contributed by atoms with Crippen LogP contribution in [-0.2, 0) is 124 Å². The summed E-state index contributed by atoms with van der Waals surface area (Å²) in [6.07, 6.45) is 14.7. The summed E-state index contributed by atoms with van der Waals surface area (Å²) in [6, 6.07) is 0. The van der Waals surface area contributed by atoms with Crippen LogP contribution in [-0.4, -0.2) is 183 Å². The maximum atomic E-state index is 13.2. The van der Waals surface area contributed by atoms with Crippen molar-refractivity contribution in [2.24, 2.45) is 29.6 Å². The van der Waals surface area contributed by atoms with E-state index in [0.717, 1.165) is 57.8 Å². The van der Waals surface area contributed by atoms with Crippen molar-refractivity contribution in [3.8, 4) is 0 Å². The third kappa shape index (κ3) is 39.2. The lowest BCUT2D eigenvalue weighted by molar-refractivity contribution is -0.186. The molecule has 0 bridgehead atoms. The second-order valence-electron chi connectivity index (χ2n) is 28.4. The number of hydrogen-bond acceptors (Lipinski definition) is 27. The topological polar surface area (TPSA) is 354 Å². The van der Waals surface area contributed by atoms with Gasteiger partial charge in [-0.05, 0) is 172 Å². The molecule has 2 fully saturated rings. The minimum Gasteiger partial charge on any atom is -0.463 e. The van der Waals surface area contributed by atoms with Crippen molar-refractivity contribution in [1.82, 2.24) is 0 Å². The van der Waals surface area contributed by atoms with Gasteiger partial charge < -0.3 is 71.4 Å². The Morgan fingerprint density at radius 1 is 0.330 bits per heavy atom. The number of ether oxygens (including phenoxy) is 14. The van der Waals surface area contributed by atoms with E-state index >= 15 is 0 Å². The van der Waals surface area contributed by atoms with E-state index in [1.165, 1.54) is 128 Å². The Bertz CT molecular complexity index is 2540. The van der Waals surface area contributed by atoms with Crippen LogP contribution in [0.1, 0.15) is 272 Å². The number of carbonyl (C=O) groups excluding carboxylic acids is 12. The molecule has 0 aliphatic heterocycles. The molecule has 2 aliphatic carbocycles. The SMILES string of the molecule is CCCCCCCC[C@@H]1[C@@H](C/C=C\CCCC(=O)OC(C)C)[C@@H](OC(=O)C(C)OC(=O)C(C)OC(=O)C(C)OC(=O)C(C)OC(=O)C(C)OC)C[C@H]1C.CCCCCCCC[C@@H]1[C@@H](C/C=C\CCCC(=O)OC(C)C)[C@@H](OC(=O)C(C)OC(=O)C(C)OC(=O)C(C)OC(=O)C(C)OC(=O)C(C)OC)C[C@H]1O. The Morgan fingerprint density at radius 3 is 0.915 bits per heavy atom. The van der Waals surface area contributed by atoms with Gasteiger partial charge in [0.1, 0.15) is 12.2 Å². The van der Waals surface area contributed by atoms with Crippen molar-refractivity contribution in [2.75, 3.05) is 14.2 Å². The smallest absolute Gasteiger partial charge is 0.347 e. The third-order valence-corrected chi connectivity index (χ3v) is 18.4. The zero-order chi connectivity index (χ0) is 80.2. The van der Waals surface area contributed by atoms with E-state index in [9.17, 15) is 62.6 Å². The van der Waals surface area contributed by atoms with Crippen LogP contribution in [0, 0.1) is 29.6 Å². The zero-order valence-corrected chi connectivity index (χ0v) is 66.9. The summed E-state index contributed by atoms with van der Waals surface area (Å²) in [5.41, 5.74) is 0. The molecule has 0 spiro atoms. The van der Waals surface area contributed by atoms with Crippen LogP contribution < -0.4 is 0 Å². The van der Waals surface area contributed by atoms with E-state index in [1.807, 2.05) is 39.8 Å². The molecule has 18 atom stereocenters. The molecule has 27 nitrogen and oxygen atoms in total. The Labute approximate surface area is 629 Å². The van der Waals surface area contributed by atoms with Gasteiger partial charge in [-0.3, -0.25) is 9.59 Å². The van der Waals surface area contributed by atoms with Crippen LogP contribution in [0.5, 0.6) is 0 Å². The van der Waals surface area contributed by atoms with E-state index in [-0.39, 0.29) is 54.4 Å². The first-order valence-corrected chi connectivity index (χ1v) is 38.5. The lowest BCUT2D eigenvalue weighted by atomic mass is 9.83. The fourth-order valence-corrected chi connectivity index (χ4v) is 12.1. The molecule has 0 heterocycles. The highest BCUT2D eigenvalue weighted by Crippen LogP contribution is 2.45. The van der Waals surface area contributed by atoms with Crippen molar-refractivity contribution in [3.63, 3.8) is 0 Å². The largest absolute Gasteiger partial charge is 0.463 e. The summed E-state index contributed by atoms with van der Waals surface area (Å²) in [4.78, 5) is 149. The lowest BCUT2D eigenvalue weighted by Crippen LogP contribution is -2.38. The predicted octanol–water partition coefficient (Wildman–Crippen LogP) is 12.2. The molecule has 0 aromatic heterocycles. The van der Waals surface area contributed by atoms with Crippen molar-refractivity contribution < 1.29 is 129 Å². The van der Waals surface area contributed by atoms with Gasteiger partial charge in [0.2, 0.25) is 0 Å². The van der Waals surface area contributed by atoms with Gasteiger partial charge in [0.05, 0.1) is 18.3 Å². The number of rotatable bonds is 50. The van der Waals surface area contributed by atoms with Crippen molar-refractivity contribution in [1.29, 1.82) is 0 Å². The van der Waals surface area contributed by atoms with Crippen molar-refractivity contribution >= 4 is 71.6 Å². The number of aliphatic hydroxyl groups is 1. The minimum absolute atomic E-state index is 0.0815. The maximum absolute atomic E-state index is 13.2. The van der Waals surface area contributed by atoms with E-state index in [1.54, 1.807) is 0 Å². The first kappa shape index (κ1) is 97.0. The highest BCUT2D eigenvalue weighted by atomic mass is 16.7. The molecule has 2 aliphatic rings. The van der Waals surface area contributed by atoms with Crippen LogP contribution >= 0.6 is 0 Å². The standard InChI is InChI=1S/C40H66O13.C39H64O14/c1-11-12-13-14-15-18-21-32-26(4)24-34(33(32)22-19-16-17-20-23-35(41)48-25(2)3)53-40(46)31(9)52-39(45)30(8)51-38(44)29(7)50-37(43)28(6)49-36(42)27(5)47-10;1-10-11-12-13-14-17-20-30-31(21-18-15-16-19-22-34(41)48-24(2)3)33(23-32(30)40)53-39(46)29(8)52-38(45)28(7)51-37(44)27(6)50-36(43)26(5)49-35(42)25(4)47-9/h16,19,25-34H,11-15,17-18,20-24H2,1-10H3;15,18,24-33,40H,10-14,16-17,19-23H2,1-9H3/b19-16-;18-15-/t26-,27?,28?,29?,30?,31?,32+,33-,34+;25?,26?,27?,28?,29?,30-,31-,32-,33+/m11/s1. The summed E-state index contributed by atoms with van der Waals surface area (Å²) in [6.45, 7) is 27.0. The Kier molecular flexibility index (Phi) is 49.2. The van der Waals surface area contributed by atoms with Gasteiger partial charge in [-0.25, -0.2) is 47.9 Å². The van der Waals surface area contributed by atoms with Gasteiger partial charge >= 0.3 is 71.6 Å². The number of aliphatic hydroxyl groups excluding tert-OH is 1. The number of hydrogen-bond donors (Lipinski definition) is 1. The van der Waals surface area contributed by atoms with E-state index < -0.39 is 133 Å². The fourth-order valence-electron chi connectivity index (χ4n) is 12.1. The Balaban J connectivity index is 0.00000106. The highest BCUT2D eigenvalue weighted by Gasteiger charge is 2.46. The molecule has 608 valence electrons. The Morgan fingerprint density at radius 2 is 0.604 bits per heavy atom. The molecule has 2 rings (SSSR count). The molecule has 27 heteroatoms. The van der Waals surface area contributed by atoms with Crippen molar-refractivity contribution in [2.45, 2.75) is 363 Å². The number of esters is 12. The summed E-state index contributed by atoms with van der Waals surface area (Å²) >= 11 is 0. The first-order valence-electron chi connectivity index (χ1n) is 38.5. The van der Waals surface area contributed by atoms with E-state index in [4.69, 9.17) is 66.3 Å². The third-order valence-electron chi connectivity index (χ3n) is 18.4. The number of allylic oxidation sites excluding steroid dienone is 4. The van der Waals surface area contributed by atoms with Gasteiger partial charge in [0.25, 0.3) is 0 Å². The average molecular weight is 1510 g/mol. The first-order chi connectivity index (χ1) is 50.0. The minimum atomic E-state index is -1.46. The van der Waals surface area contributed by atoms with Gasteiger partial charge in [0, 0.05) is 45.3 Å². The van der Waals surface area contributed by atoms with Crippen LogP contribution in [0.15, 0.2) is 24.3 Å². The van der Waals surface area contributed by atoms with Gasteiger partial charge in [-0.2, -0.15) is 0 Å². The molecule has 1 N–H and O–H groups in total. The number of unbranched alkanes of at least 4 members (excludes halogenated alkanes) is 12. The zero-order valence-electron chi connectivity index (χ0n) is 66.9. The number of methoxy groups -OCH3 is 2. The van der Waals surface area contributed by atoms with Crippen LogP contribution in [0.4, 0.5) is 0 Å². The molecule has 0 amide bonds. The second kappa shape index (κ2) is 53.7. The molecule has 0 aromatic carbocycles. The second-order valence-corrected chi connectivity index (χ2v) is 28.4. The highest BCUT2D eigenvalue weighted by molar-refractivity contribution is 5.87. The molecule has 106 heavy (non-hydrogen) atoms. The average Bonchev–Trinajstić information content (AvgIpc) is 1.68. The molecule has 0 radical (unpaired) electrons. The molecule has 0 aromatic rings. The molecule has 2 saturated carbocycles. The molecular formula is C79H130O27. The van der Waals surface area contributed by atoms with E-state index in [0.29, 0.717) is 56.8 Å². The molecule has 10 unspecified atom stereocenters. The molecule has 0 saturated heterocycles. The summed E-state index contributed by atoms with van der Waals surface area (Å²) in [5.74, 6) is -9.08. The summed E-state index contributed by atoms with van der Waals surface area (Å²) in [7, 11) is 2.61.